The average molecular weight is 313 g/mol. The van der Waals surface area contributed by atoms with Gasteiger partial charge in [0.15, 0.2) is 0 Å². The highest BCUT2D eigenvalue weighted by atomic mass is 32.2. The van der Waals surface area contributed by atoms with E-state index in [1.54, 1.807) is 11.8 Å². The lowest BCUT2D eigenvalue weighted by Crippen LogP contribution is -2.32. The molecular weight excluding hydrogens is 276 g/mol. The number of unbranched alkanes of at least 4 members (excludes halogenated alkanes) is 8. The first-order valence-corrected chi connectivity index (χ1v) is 10.4. The molecule has 1 N–H and O–H groups in total. The molecule has 1 aliphatic rings. The molecule has 0 amide bonds. The van der Waals surface area contributed by atoms with Crippen LogP contribution in [0.2, 0.25) is 0 Å². The van der Waals surface area contributed by atoms with Gasteiger partial charge >= 0.3 is 0 Å². The van der Waals surface area contributed by atoms with E-state index in [1.807, 2.05) is 0 Å². The molecule has 0 atom stereocenters. The van der Waals surface area contributed by atoms with Crippen molar-refractivity contribution in [3.8, 4) is 0 Å². The summed E-state index contributed by atoms with van der Waals surface area (Å²) in [5, 5.41) is 10.8. The normalized spacial score (nSPS) is 18.9. The summed E-state index contributed by atoms with van der Waals surface area (Å²) in [6.07, 6.45) is 22.2. The van der Waals surface area contributed by atoms with Crippen molar-refractivity contribution in [2.24, 2.45) is 0 Å². The Morgan fingerprint density at radius 1 is 0.952 bits per heavy atom. The van der Waals surface area contributed by atoms with Gasteiger partial charge in [0.2, 0.25) is 0 Å². The molecule has 1 saturated carbocycles. The molecule has 0 aromatic heterocycles. The summed E-state index contributed by atoms with van der Waals surface area (Å²) in [4.78, 5) is 1.24. The minimum atomic E-state index is -0.488. The highest BCUT2D eigenvalue weighted by molar-refractivity contribution is 8.02. The number of rotatable bonds is 11. The summed E-state index contributed by atoms with van der Waals surface area (Å²) in [6.45, 7) is 2.27. The van der Waals surface area contributed by atoms with E-state index < -0.39 is 5.60 Å². The third-order valence-corrected chi connectivity index (χ3v) is 5.73. The minimum Gasteiger partial charge on any atom is -0.385 e. The van der Waals surface area contributed by atoms with Crippen molar-refractivity contribution in [1.82, 2.24) is 0 Å². The molecule has 0 spiro atoms. The van der Waals surface area contributed by atoms with E-state index in [0.29, 0.717) is 0 Å². The van der Waals surface area contributed by atoms with Gasteiger partial charge in [-0.15, -0.1) is 11.8 Å². The van der Waals surface area contributed by atoms with Crippen LogP contribution in [0, 0.1) is 0 Å². The molecule has 0 bridgehead atoms. The summed E-state index contributed by atoms with van der Waals surface area (Å²) in [7, 11) is 0. The van der Waals surface area contributed by atoms with Crippen molar-refractivity contribution in [3.63, 3.8) is 0 Å². The Morgan fingerprint density at radius 2 is 1.52 bits per heavy atom. The van der Waals surface area contributed by atoms with Crippen molar-refractivity contribution in [2.75, 3.05) is 6.26 Å². The number of aliphatic hydroxyl groups is 1. The van der Waals surface area contributed by atoms with Crippen LogP contribution in [0.15, 0.2) is 11.0 Å². The molecule has 1 fully saturated rings. The zero-order valence-corrected chi connectivity index (χ0v) is 15.1. The zero-order valence-electron chi connectivity index (χ0n) is 14.3. The molecule has 0 aliphatic heterocycles. The molecular formula is C19H36OS. The Kier molecular flexibility index (Phi) is 10.5. The summed E-state index contributed by atoms with van der Waals surface area (Å²) < 4.78 is 0. The predicted octanol–water partition coefficient (Wildman–Crippen LogP) is 6.46. The second-order valence-corrected chi connectivity index (χ2v) is 7.48. The average Bonchev–Trinajstić information content (AvgIpc) is 2.50. The molecule has 0 aromatic carbocycles. The fourth-order valence-corrected chi connectivity index (χ4v) is 4.23. The third-order valence-electron chi connectivity index (χ3n) is 4.75. The van der Waals surface area contributed by atoms with Crippen molar-refractivity contribution >= 4 is 11.8 Å². The first-order chi connectivity index (χ1) is 10.2. The maximum absolute atomic E-state index is 10.8. The maximum atomic E-state index is 10.8. The fraction of sp³-hybridized carbons (Fsp3) is 0.895. The molecule has 1 aliphatic carbocycles. The largest absolute Gasteiger partial charge is 0.385 e. The molecule has 21 heavy (non-hydrogen) atoms. The first kappa shape index (κ1) is 19.1. The Labute approximate surface area is 137 Å². The Morgan fingerprint density at radius 3 is 2.10 bits per heavy atom. The van der Waals surface area contributed by atoms with Crippen molar-refractivity contribution in [3.05, 3.63) is 11.0 Å². The fourth-order valence-electron chi connectivity index (χ4n) is 3.36. The van der Waals surface area contributed by atoms with Gasteiger partial charge in [0.1, 0.15) is 0 Å². The van der Waals surface area contributed by atoms with E-state index in [2.05, 4.69) is 19.3 Å². The molecule has 0 saturated heterocycles. The monoisotopic (exact) mass is 312 g/mol. The number of thioether (sulfide) groups is 1. The van der Waals surface area contributed by atoms with Gasteiger partial charge in [0, 0.05) is 4.91 Å². The van der Waals surface area contributed by atoms with Gasteiger partial charge in [-0.05, 0) is 31.9 Å². The number of hydrogen-bond acceptors (Lipinski definition) is 2. The van der Waals surface area contributed by atoms with Crippen LogP contribution in [-0.4, -0.2) is 17.0 Å². The van der Waals surface area contributed by atoms with Gasteiger partial charge in [-0.3, -0.25) is 0 Å². The van der Waals surface area contributed by atoms with Crippen molar-refractivity contribution in [2.45, 2.75) is 102 Å². The van der Waals surface area contributed by atoms with Crippen LogP contribution in [-0.2, 0) is 0 Å². The van der Waals surface area contributed by atoms with Gasteiger partial charge in [-0.1, -0.05) is 77.2 Å². The van der Waals surface area contributed by atoms with E-state index >= 15 is 0 Å². The lowest BCUT2D eigenvalue weighted by atomic mass is 9.84. The second kappa shape index (κ2) is 11.6. The maximum Gasteiger partial charge on any atom is 0.0951 e. The smallest absolute Gasteiger partial charge is 0.0951 e. The van der Waals surface area contributed by atoms with Crippen LogP contribution in [0.25, 0.3) is 0 Å². The molecule has 1 rings (SSSR count). The number of hydrogen-bond donors (Lipinski definition) is 1. The molecule has 0 heterocycles. The SMILES string of the molecule is CCCCCCCCCC/C=C(\SC)C1(O)CCCCC1. The lowest BCUT2D eigenvalue weighted by molar-refractivity contribution is 0.0474. The summed E-state index contributed by atoms with van der Waals surface area (Å²) in [6, 6.07) is 0. The zero-order chi connectivity index (χ0) is 15.4. The molecule has 0 aromatic rings. The van der Waals surface area contributed by atoms with Gasteiger partial charge in [-0.2, -0.15) is 0 Å². The van der Waals surface area contributed by atoms with Crippen LogP contribution in [0.3, 0.4) is 0 Å². The van der Waals surface area contributed by atoms with E-state index in [-0.39, 0.29) is 0 Å². The van der Waals surface area contributed by atoms with Crippen LogP contribution in [0.5, 0.6) is 0 Å². The van der Waals surface area contributed by atoms with Gasteiger partial charge in [-0.25, -0.2) is 0 Å². The van der Waals surface area contributed by atoms with E-state index in [0.717, 1.165) is 19.3 Å². The van der Waals surface area contributed by atoms with Crippen LogP contribution >= 0.6 is 11.8 Å². The Bertz CT molecular complexity index is 279. The third kappa shape index (κ3) is 7.74. The highest BCUT2D eigenvalue weighted by Crippen LogP contribution is 2.39. The summed E-state index contributed by atoms with van der Waals surface area (Å²) >= 11 is 1.76. The molecule has 1 nitrogen and oxygen atoms in total. The number of allylic oxidation sites excluding steroid dienone is 1. The molecule has 0 unspecified atom stereocenters. The molecule has 124 valence electrons. The summed E-state index contributed by atoms with van der Waals surface area (Å²) in [5.74, 6) is 0. The van der Waals surface area contributed by atoms with E-state index in [4.69, 9.17) is 0 Å². The van der Waals surface area contributed by atoms with E-state index in [9.17, 15) is 5.11 Å². The van der Waals surface area contributed by atoms with Crippen molar-refractivity contribution in [1.29, 1.82) is 0 Å². The Balaban J connectivity index is 2.15. The van der Waals surface area contributed by atoms with E-state index in [1.165, 1.54) is 75.5 Å². The first-order valence-electron chi connectivity index (χ1n) is 9.20. The van der Waals surface area contributed by atoms with Gasteiger partial charge in [0.05, 0.1) is 5.60 Å². The van der Waals surface area contributed by atoms with Crippen molar-refractivity contribution < 1.29 is 5.11 Å². The molecule has 2 heteroatoms. The molecule has 0 radical (unpaired) electrons. The van der Waals surface area contributed by atoms with Crippen LogP contribution in [0.4, 0.5) is 0 Å². The minimum absolute atomic E-state index is 0.488. The van der Waals surface area contributed by atoms with Gasteiger partial charge < -0.3 is 5.11 Å². The topological polar surface area (TPSA) is 20.2 Å². The highest BCUT2D eigenvalue weighted by Gasteiger charge is 2.32. The summed E-state index contributed by atoms with van der Waals surface area (Å²) in [5.41, 5.74) is -0.488. The van der Waals surface area contributed by atoms with Crippen LogP contribution in [0.1, 0.15) is 96.8 Å². The van der Waals surface area contributed by atoms with Gasteiger partial charge in [0.25, 0.3) is 0 Å². The van der Waals surface area contributed by atoms with Crippen LogP contribution < -0.4 is 0 Å². The second-order valence-electron chi connectivity index (χ2n) is 6.63. The predicted molar refractivity (Wildman–Crippen MR) is 96.9 cm³/mol. The standard InChI is InChI=1S/C19H36OS/c1-3-4-5-6-7-8-9-10-12-15-18(21-2)19(20)16-13-11-14-17-19/h15,20H,3-14,16-17H2,1-2H3/b18-15-. The Hall–Kier alpha value is 0.0500. The lowest BCUT2D eigenvalue weighted by Gasteiger charge is -2.33. The quantitative estimate of drug-likeness (QED) is 0.442.